The monoisotopic (exact) mass is 469 g/mol. The first-order valence-corrected chi connectivity index (χ1v) is 11.7. The Balaban J connectivity index is 1.57. The molecule has 3 aromatic carbocycles. The van der Waals surface area contributed by atoms with E-state index in [2.05, 4.69) is 5.10 Å². The van der Waals surface area contributed by atoms with E-state index in [4.69, 9.17) is 9.47 Å². The number of amides is 1. The highest BCUT2D eigenvalue weighted by molar-refractivity contribution is 6.05. The first kappa shape index (κ1) is 22.7. The Hall–Kier alpha value is -4.13. The minimum absolute atomic E-state index is 0.154. The highest BCUT2D eigenvalue weighted by Crippen LogP contribution is 2.39. The summed E-state index contributed by atoms with van der Waals surface area (Å²) in [7, 11) is 3.23. The normalized spacial score (nSPS) is 15.4. The highest BCUT2D eigenvalue weighted by Gasteiger charge is 2.34. The Bertz CT molecular complexity index is 1430. The second-order valence-electron chi connectivity index (χ2n) is 8.61. The van der Waals surface area contributed by atoms with Crippen LogP contribution in [-0.2, 0) is 6.54 Å². The number of fused-ring (bicyclic) bond motifs is 1. The molecule has 0 N–H and O–H groups in total. The summed E-state index contributed by atoms with van der Waals surface area (Å²) in [5, 5.41) is 5.65. The molecule has 5 rings (SSSR count). The van der Waals surface area contributed by atoms with Crippen molar-refractivity contribution in [1.29, 1.82) is 0 Å². The number of benzene rings is 3. The fourth-order valence-corrected chi connectivity index (χ4v) is 4.82. The minimum Gasteiger partial charge on any atom is -0.497 e. The number of rotatable bonds is 6. The van der Waals surface area contributed by atoms with Gasteiger partial charge in [-0.1, -0.05) is 48.5 Å². The lowest BCUT2D eigenvalue weighted by Gasteiger charge is -2.27. The van der Waals surface area contributed by atoms with Gasteiger partial charge in [0.05, 0.1) is 32.2 Å². The van der Waals surface area contributed by atoms with Crippen molar-refractivity contribution in [3.63, 3.8) is 0 Å². The van der Waals surface area contributed by atoms with Gasteiger partial charge in [-0.25, -0.2) is 4.68 Å². The van der Waals surface area contributed by atoms with Crippen molar-refractivity contribution >= 4 is 16.7 Å². The van der Waals surface area contributed by atoms with Gasteiger partial charge < -0.3 is 14.4 Å². The molecule has 1 aliphatic rings. The largest absolute Gasteiger partial charge is 0.497 e. The van der Waals surface area contributed by atoms with Crippen LogP contribution in [0, 0.1) is 0 Å². The zero-order valence-corrected chi connectivity index (χ0v) is 19.8. The van der Waals surface area contributed by atoms with Crippen LogP contribution in [-0.4, -0.2) is 41.4 Å². The van der Waals surface area contributed by atoms with Crippen LogP contribution in [0.5, 0.6) is 11.5 Å². The fourth-order valence-electron chi connectivity index (χ4n) is 4.82. The summed E-state index contributed by atoms with van der Waals surface area (Å²) < 4.78 is 12.4. The number of hydrogen-bond donors (Lipinski definition) is 0. The third-order valence-corrected chi connectivity index (χ3v) is 6.56. The van der Waals surface area contributed by atoms with Crippen LogP contribution in [0.2, 0.25) is 0 Å². The first-order valence-electron chi connectivity index (χ1n) is 11.7. The predicted octanol–water partition coefficient (Wildman–Crippen LogP) is 4.44. The van der Waals surface area contributed by atoms with E-state index >= 15 is 0 Å². The number of hydrogen-bond acceptors (Lipinski definition) is 5. The van der Waals surface area contributed by atoms with Gasteiger partial charge in [0.25, 0.3) is 11.5 Å². The van der Waals surface area contributed by atoms with Gasteiger partial charge in [-0.05, 0) is 36.6 Å². The number of ether oxygens (including phenoxy) is 2. The van der Waals surface area contributed by atoms with Crippen molar-refractivity contribution in [3.8, 4) is 11.5 Å². The van der Waals surface area contributed by atoms with Gasteiger partial charge in [-0.3, -0.25) is 9.59 Å². The lowest BCUT2D eigenvalue weighted by molar-refractivity contribution is 0.0727. The number of likely N-dealkylation sites (tertiary alicyclic amines) is 1. The molecule has 1 fully saturated rings. The predicted molar refractivity (Wildman–Crippen MR) is 134 cm³/mol. The minimum atomic E-state index is -0.212. The Morgan fingerprint density at radius 2 is 1.71 bits per heavy atom. The van der Waals surface area contributed by atoms with Crippen LogP contribution in [0.4, 0.5) is 0 Å². The molecule has 0 spiro atoms. The summed E-state index contributed by atoms with van der Waals surface area (Å²) in [6, 6.07) is 22.4. The van der Waals surface area contributed by atoms with Crippen molar-refractivity contribution in [1.82, 2.24) is 14.7 Å². The van der Waals surface area contributed by atoms with Crippen LogP contribution < -0.4 is 15.0 Å². The Kier molecular flexibility index (Phi) is 6.23. The third kappa shape index (κ3) is 4.25. The van der Waals surface area contributed by atoms with Crippen LogP contribution in [0.1, 0.15) is 40.5 Å². The molecule has 1 aliphatic heterocycles. The number of carbonyl (C=O) groups excluding carboxylic acids is 1. The fraction of sp³-hybridized carbons (Fsp3) is 0.250. The molecular formula is C28H27N3O4. The third-order valence-electron chi connectivity index (χ3n) is 6.56. The Morgan fingerprint density at radius 1 is 0.971 bits per heavy atom. The van der Waals surface area contributed by atoms with E-state index in [1.54, 1.807) is 26.4 Å². The molecule has 2 heterocycles. The zero-order chi connectivity index (χ0) is 24.4. The smallest absolute Gasteiger partial charge is 0.275 e. The summed E-state index contributed by atoms with van der Waals surface area (Å²) in [6.07, 6.45) is 1.68. The van der Waals surface area contributed by atoms with E-state index in [0.29, 0.717) is 35.4 Å². The van der Waals surface area contributed by atoms with Crippen molar-refractivity contribution in [2.75, 3.05) is 20.8 Å². The summed E-state index contributed by atoms with van der Waals surface area (Å²) in [5.74, 6) is 1.19. The molecule has 1 aromatic heterocycles. The molecule has 178 valence electrons. The molecular weight excluding hydrogens is 442 g/mol. The van der Waals surface area contributed by atoms with Gasteiger partial charge in [0.2, 0.25) is 0 Å². The van der Waals surface area contributed by atoms with Crippen LogP contribution >= 0.6 is 0 Å². The molecule has 4 aromatic rings. The lowest BCUT2D eigenvalue weighted by atomic mass is 10.0. The summed E-state index contributed by atoms with van der Waals surface area (Å²) in [5.41, 5.74) is 1.95. The van der Waals surface area contributed by atoms with E-state index in [1.807, 2.05) is 65.6 Å². The Morgan fingerprint density at radius 3 is 2.46 bits per heavy atom. The van der Waals surface area contributed by atoms with Gasteiger partial charge in [-0.15, -0.1) is 0 Å². The topological polar surface area (TPSA) is 73.7 Å². The molecule has 0 aliphatic carbocycles. The maximum atomic E-state index is 14.0. The second-order valence-corrected chi connectivity index (χ2v) is 8.61. The molecule has 0 saturated carbocycles. The van der Waals surface area contributed by atoms with E-state index in [0.717, 1.165) is 24.0 Å². The number of methoxy groups -OCH3 is 2. The highest BCUT2D eigenvalue weighted by atomic mass is 16.5. The quantitative estimate of drug-likeness (QED) is 0.417. The lowest BCUT2D eigenvalue weighted by Crippen LogP contribution is -2.34. The zero-order valence-electron chi connectivity index (χ0n) is 19.8. The number of nitrogens with zero attached hydrogens (tertiary/aromatic N) is 3. The van der Waals surface area contributed by atoms with Crippen LogP contribution in [0.3, 0.4) is 0 Å². The SMILES string of the molecule is COc1ccc([C@@H]2CCCN2C(=O)c2nn(Cc3ccccc3)c(=O)c3ccccc23)c(OC)c1. The average Bonchev–Trinajstić information content (AvgIpc) is 3.40. The second kappa shape index (κ2) is 9.62. The number of aromatic nitrogens is 2. The standard InChI is InChI=1S/C28H27N3O4/c1-34-20-14-15-23(25(17-20)35-2)24-13-8-16-30(24)28(33)26-21-11-6-7-12-22(21)27(32)31(29-26)18-19-9-4-3-5-10-19/h3-7,9-12,14-15,17,24H,8,13,16,18H2,1-2H3/t24-/m0/s1. The maximum absolute atomic E-state index is 14.0. The molecule has 7 heteroatoms. The van der Waals surface area contributed by atoms with Gasteiger partial charge in [-0.2, -0.15) is 5.10 Å². The molecule has 0 unspecified atom stereocenters. The van der Waals surface area contributed by atoms with Gasteiger partial charge in [0.1, 0.15) is 11.5 Å². The average molecular weight is 470 g/mol. The first-order chi connectivity index (χ1) is 17.1. The molecule has 1 amide bonds. The molecule has 1 atom stereocenters. The van der Waals surface area contributed by atoms with Crippen molar-refractivity contribution in [2.45, 2.75) is 25.4 Å². The molecule has 35 heavy (non-hydrogen) atoms. The summed E-state index contributed by atoms with van der Waals surface area (Å²) >= 11 is 0. The molecule has 0 radical (unpaired) electrons. The van der Waals surface area contributed by atoms with Crippen molar-refractivity contribution < 1.29 is 14.3 Å². The van der Waals surface area contributed by atoms with Crippen molar-refractivity contribution in [3.05, 3.63) is 100.0 Å². The maximum Gasteiger partial charge on any atom is 0.275 e. The van der Waals surface area contributed by atoms with E-state index in [-0.39, 0.29) is 23.2 Å². The summed E-state index contributed by atoms with van der Waals surface area (Å²) in [4.78, 5) is 29.0. The molecule has 1 saturated heterocycles. The van der Waals surface area contributed by atoms with Crippen LogP contribution in [0.15, 0.2) is 77.6 Å². The number of carbonyl (C=O) groups is 1. The van der Waals surface area contributed by atoms with Gasteiger partial charge in [0.15, 0.2) is 5.69 Å². The molecule has 0 bridgehead atoms. The van der Waals surface area contributed by atoms with Crippen LogP contribution in [0.25, 0.3) is 10.8 Å². The van der Waals surface area contributed by atoms with E-state index in [1.165, 1.54) is 4.68 Å². The van der Waals surface area contributed by atoms with Crippen molar-refractivity contribution in [2.24, 2.45) is 0 Å². The van der Waals surface area contributed by atoms with E-state index < -0.39 is 0 Å². The Labute approximate surface area is 203 Å². The van der Waals surface area contributed by atoms with Gasteiger partial charge >= 0.3 is 0 Å². The molecule has 7 nitrogen and oxygen atoms in total. The van der Waals surface area contributed by atoms with Gasteiger partial charge in [0, 0.05) is 23.6 Å². The summed E-state index contributed by atoms with van der Waals surface area (Å²) in [6.45, 7) is 0.896. The van der Waals surface area contributed by atoms with E-state index in [9.17, 15) is 9.59 Å².